The van der Waals surface area contributed by atoms with Gasteiger partial charge in [-0.15, -0.1) is 0 Å². The molecule has 2 rings (SSSR count). The predicted octanol–water partition coefficient (Wildman–Crippen LogP) is 0.489. The molecule has 1 N–H and O–H groups in total. The zero-order chi connectivity index (χ0) is 11.5. The van der Waals surface area contributed by atoms with E-state index in [1.54, 1.807) is 0 Å². The van der Waals surface area contributed by atoms with E-state index in [2.05, 4.69) is 0 Å². The van der Waals surface area contributed by atoms with Crippen molar-refractivity contribution in [1.29, 1.82) is 0 Å². The molecular formula is C11H17NO4. The Bertz CT molecular complexity index is 286. The number of carboxylic acids is 1. The molecule has 0 aromatic rings. The molecular weight excluding hydrogens is 210 g/mol. The Morgan fingerprint density at radius 2 is 2.12 bits per heavy atom. The lowest BCUT2D eigenvalue weighted by atomic mass is 10.1. The number of carbonyl (C=O) groups is 2. The molecule has 2 fully saturated rings. The number of nitrogens with zero attached hydrogens (tertiary/aromatic N) is 1. The number of hydrogen-bond acceptors (Lipinski definition) is 3. The Morgan fingerprint density at radius 3 is 2.75 bits per heavy atom. The van der Waals surface area contributed by atoms with Crippen molar-refractivity contribution >= 4 is 11.9 Å². The van der Waals surface area contributed by atoms with Gasteiger partial charge in [-0.2, -0.15) is 0 Å². The van der Waals surface area contributed by atoms with Crippen molar-refractivity contribution in [2.75, 3.05) is 19.8 Å². The van der Waals surface area contributed by atoms with Crippen LogP contribution in [-0.4, -0.2) is 47.7 Å². The Balaban J connectivity index is 2.00. The third-order valence-electron chi connectivity index (χ3n) is 3.41. The molecule has 1 amide bonds. The molecule has 1 aliphatic heterocycles. The van der Waals surface area contributed by atoms with Gasteiger partial charge in [0.15, 0.2) is 6.04 Å². The second kappa shape index (κ2) is 4.82. The summed E-state index contributed by atoms with van der Waals surface area (Å²) in [6, 6.07) is -0.790. The van der Waals surface area contributed by atoms with Crippen LogP contribution in [0.3, 0.4) is 0 Å². The largest absolute Gasteiger partial charge is 0.480 e. The predicted molar refractivity (Wildman–Crippen MR) is 55.9 cm³/mol. The van der Waals surface area contributed by atoms with Gasteiger partial charge in [0.2, 0.25) is 5.91 Å². The fourth-order valence-electron chi connectivity index (χ4n) is 2.51. The van der Waals surface area contributed by atoms with Crippen LogP contribution < -0.4 is 0 Å². The van der Waals surface area contributed by atoms with Crippen molar-refractivity contribution < 1.29 is 19.4 Å². The topological polar surface area (TPSA) is 66.8 Å². The van der Waals surface area contributed by atoms with Crippen molar-refractivity contribution in [1.82, 2.24) is 4.90 Å². The first-order chi connectivity index (χ1) is 7.68. The fraction of sp³-hybridized carbons (Fsp3) is 0.818. The summed E-state index contributed by atoms with van der Waals surface area (Å²) < 4.78 is 4.98. The summed E-state index contributed by atoms with van der Waals surface area (Å²) in [6.07, 6.45) is 4.61. The van der Waals surface area contributed by atoms with E-state index in [9.17, 15) is 9.59 Å². The zero-order valence-electron chi connectivity index (χ0n) is 9.22. The number of ether oxygens (including phenoxy) is 1. The van der Waals surface area contributed by atoms with Gasteiger partial charge in [-0.1, -0.05) is 12.8 Å². The molecule has 1 aliphatic carbocycles. The highest BCUT2D eigenvalue weighted by Crippen LogP contribution is 2.26. The monoisotopic (exact) mass is 227 g/mol. The fourth-order valence-corrected chi connectivity index (χ4v) is 2.51. The molecule has 1 heterocycles. The van der Waals surface area contributed by atoms with Gasteiger partial charge in [-0.05, 0) is 18.8 Å². The first-order valence-electron chi connectivity index (χ1n) is 5.78. The van der Waals surface area contributed by atoms with Gasteiger partial charge < -0.3 is 14.7 Å². The summed E-state index contributed by atoms with van der Waals surface area (Å²) >= 11 is 0. The zero-order valence-corrected chi connectivity index (χ0v) is 9.22. The highest BCUT2D eigenvalue weighted by atomic mass is 16.5. The lowest BCUT2D eigenvalue weighted by molar-refractivity contribution is -0.163. The van der Waals surface area contributed by atoms with Gasteiger partial charge in [0.25, 0.3) is 0 Å². The second-order valence-electron chi connectivity index (χ2n) is 4.57. The Morgan fingerprint density at radius 1 is 1.44 bits per heavy atom. The van der Waals surface area contributed by atoms with Gasteiger partial charge in [0.05, 0.1) is 6.61 Å². The van der Waals surface area contributed by atoms with Crippen molar-refractivity contribution in [3.8, 4) is 0 Å². The highest BCUT2D eigenvalue weighted by Gasteiger charge is 2.35. The maximum atomic E-state index is 11.6. The maximum Gasteiger partial charge on any atom is 0.328 e. The molecule has 0 bridgehead atoms. The summed E-state index contributed by atoms with van der Waals surface area (Å²) in [6.45, 7) is 0.726. The average molecular weight is 227 g/mol. The minimum absolute atomic E-state index is 0.0243. The highest BCUT2D eigenvalue weighted by molar-refractivity contribution is 5.85. The quantitative estimate of drug-likeness (QED) is 0.762. The molecule has 0 spiro atoms. The van der Waals surface area contributed by atoms with E-state index >= 15 is 0 Å². The molecule has 5 heteroatoms. The van der Waals surface area contributed by atoms with Crippen LogP contribution in [0, 0.1) is 5.92 Å². The van der Waals surface area contributed by atoms with Gasteiger partial charge in [-0.3, -0.25) is 4.79 Å². The van der Waals surface area contributed by atoms with Crippen LogP contribution in [0.15, 0.2) is 0 Å². The van der Waals surface area contributed by atoms with Crippen molar-refractivity contribution in [2.45, 2.75) is 31.7 Å². The van der Waals surface area contributed by atoms with E-state index in [1.807, 2.05) is 0 Å². The smallest absolute Gasteiger partial charge is 0.328 e. The van der Waals surface area contributed by atoms with E-state index in [0.717, 1.165) is 12.8 Å². The lowest BCUT2D eigenvalue weighted by Crippen LogP contribution is -2.54. The Kier molecular flexibility index (Phi) is 3.43. The number of aliphatic carboxylic acids is 1. The SMILES string of the molecule is O=C(O)C1COCC(=O)N1CC1CCCC1. The first-order valence-corrected chi connectivity index (χ1v) is 5.78. The molecule has 1 unspecified atom stereocenters. The molecule has 1 saturated heterocycles. The van der Waals surface area contributed by atoms with Crippen molar-refractivity contribution in [3.05, 3.63) is 0 Å². The van der Waals surface area contributed by atoms with E-state index in [4.69, 9.17) is 9.84 Å². The number of carbonyl (C=O) groups excluding carboxylic acids is 1. The third-order valence-corrected chi connectivity index (χ3v) is 3.41. The molecule has 0 aromatic heterocycles. The van der Waals surface area contributed by atoms with Crippen LogP contribution >= 0.6 is 0 Å². The third kappa shape index (κ3) is 2.35. The van der Waals surface area contributed by atoms with E-state index < -0.39 is 12.0 Å². The van der Waals surface area contributed by atoms with Crippen LogP contribution in [-0.2, 0) is 14.3 Å². The summed E-state index contributed by atoms with van der Waals surface area (Å²) in [5, 5.41) is 9.03. The molecule has 90 valence electrons. The molecule has 2 aliphatic rings. The first kappa shape index (κ1) is 11.4. The van der Waals surface area contributed by atoms with Crippen molar-refractivity contribution in [3.63, 3.8) is 0 Å². The van der Waals surface area contributed by atoms with Crippen molar-refractivity contribution in [2.24, 2.45) is 5.92 Å². The van der Waals surface area contributed by atoms with Crippen LogP contribution in [0.5, 0.6) is 0 Å². The standard InChI is InChI=1S/C11H17NO4/c13-10-7-16-6-9(11(14)15)12(10)5-8-3-1-2-4-8/h8-9H,1-7H2,(H,14,15). The lowest BCUT2D eigenvalue weighted by Gasteiger charge is -2.34. The summed E-state index contributed by atoms with van der Waals surface area (Å²) in [4.78, 5) is 24.1. The Labute approximate surface area is 94.4 Å². The normalized spacial score (nSPS) is 27.4. The average Bonchev–Trinajstić information content (AvgIpc) is 2.73. The van der Waals surface area contributed by atoms with Crippen LogP contribution in [0.2, 0.25) is 0 Å². The molecule has 0 aromatic carbocycles. The number of hydrogen-bond donors (Lipinski definition) is 1. The van der Waals surface area contributed by atoms with Gasteiger partial charge >= 0.3 is 5.97 Å². The number of rotatable bonds is 3. The number of carboxylic acid groups (broad SMARTS) is 1. The van der Waals surface area contributed by atoms with E-state index in [-0.39, 0.29) is 19.1 Å². The van der Waals surface area contributed by atoms with E-state index in [1.165, 1.54) is 17.7 Å². The maximum absolute atomic E-state index is 11.6. The van der Waals surface area contributed by atoms with E-state index in [0.29, 0.717) is 12.5 Å². The molecule has 5 nitrogen and oxygen atoms in total. The summed E-state index contributed by atoms with van der Waals surface area (Å²) in [7, 11) is 0. The molecule has 1 atom stereocenters. The minimum atomic E-state index is -0.967. The minimum Gasteiger partial charge on any atom is -0.480 e. The second-order valence-corrected chi connectivity index (χ2v) is 4.57. The Hall–Kier alpha value is -1.10. The van der Waals surface area contributed by atoms with Crippen LogP contribution in [0.4, 0.5) is 0 Å². The van der Waals surface area contributed by atoms with Crippen LogP contribution in [0.25, 0.3) is 0 Å². The molecule has 16 heavy (non-hydrogen) atoms. The van der Waals surface area contributed by atoms with Gasteiger partial charge in [0, 0.05) is 6.54 Å². The van der Waals surface area contributed by atoms with Gasteiger partial charge in [0.1, 0.15) is 6.61 Å². The van der Waals surface area contributed by atoms with Crippen LogP contribution in [0.1, 0.15) is 25.7 Å². The molecule has 0 radical (unpaired) electrons. The summed E-state index contributed by atoms with van der Waals surface area (Å²) in [5.41, 5.74) is 0. The molecule has 1 saturated carbocycles. The van der Waals surface area contributed by atoms with Gasteiger partial charge in [-0.25, -0.2) is 4.79 Å². The summed E-state index contributed by atoms with van der Waals surface area (Å²) in [5.74, 6) is -0.680. The number of amides is 1. The number of morpholine rings is 1.